The van der Waals surface area contributed by atoms with E-state index in [4.69, 9.17) is 21.1 Å². The number of thiophene rings is 1. The van der Waals surface area contributed by atoms with Crippen LogP contribution >= 0.6 is 38.9 Å². The van der Waals surface area contributed by atoms with Crippen molar-refractivity contribution in [1.82, 2.24) is 10.6 Å². The number of benzene rings is 1. The molecule has 2 fully saturated rings. The summed E-state index contributed by atoms with van der Waals surface area (Å²) in [6.07, 6.45) is 1.31. The second-order valence-corrected chi connectivity index (χ2v) is 13.9. The number of hydrogen-bond donors (Lipinski definition) is 2. The van der Waals surface area contributed by atoms with Gasteiger partial charge in [-0.2, -0.15) is 5.26 Å². The number of nitrogens with zero attached hydrogens (tertiary/aromatic N) is 1. The second kappa shape index (κ2) is 11.0. The number of ether oxygens (including phenoxy) is 2. The van der Waals surface area contributed by atoms with Gasteiger partial charge in [0.15, 0.2) is 5.79 Å². The van der Waals surface area contributed by atoms with Gasteiger partial charge in [-0.1, -0.05) is 44.5 Å². The topological polar surface area (TPSA) is 83.4 Å². The van der Waals surface area contributed by atoms with Crippen LogP contribution in [0.4, 0.5) is 0 Å². The number of amides is 1. The van der Waals surface area contributed by atoms with E-state index in [1.165, 1.54) is 0 Å². The van der Waals surface area contributed by atoms with Crippen LogP contribution in [0.25, 0.3) is 0 Å². The first-order valence-corrected chi connectivity index (χ1v) is 14.7. The average molecular weight is 609 g/mol. The lowest BCUT2D eigenvalue weighted by atomic mass is 9.65. The molecule has 2 N–H and O–H groups in total. The van der Waals surface area contributed by atoms with Gasteiger partial charge in [0.25, 0.3) is 0 Å². The molecule has 0 bridgehead atoms. The van der Waals surface area contributed by atoms with Gasteiger partial charge in [-0.15, -0.1) is 11.3 Å². The Labute approximate surface area is 237 Å². The summed E-state index contributed by atoms with van der Waals surface area (Å²) < 4.78 is 12.5. The molecule has 2 aliphatic rings. The molecule has 5 atom stereocenters. The lowest BCUT2D eigenvalue weighted by molar-refractivity contribution is -0.138. The maximum absolute atomic E-state index is 13.8. The van der Waals surface area contributed by atoms with Crippen molar-refractivity contribution in [3.05, 3.63) is 55.6 Å². The zero-order valence-electron chi connectivity index (χ0n) is 21.9. The first-order chi connectivity index (χ1) is 17.3. The Morgan fingerprint density at radius 2 is 2.11 bits per heavy atom. The van der Waals surface area contributed by atoms with E-state index in [1.807, 2.05) is 49.6 Å². The summed E-state index contributed by atoms with van der Waals surface area (Å²) in [6, 6.07) is 11.4. The van der Waals surface area contributed by atoms with Crippen LogP contribution in [0.15, 0.2) is 40.2 Å². The summed E-state index contributed by atoms with van der Waals surface area (Å²) in [5, 5.41) is 20.2. The molecular weight excluding hydrogens is 574 g/mol. The highest BCUT2D eigenvalue weighted by Crippen LogP contribution is 2.53. The van der Waals surface area contributed by atoms with E-state index < -0.39 is 23.2 Å². The van der Waals surface area contributed by atoms with Crippen LogP contribution in [-0.2, 0) is 19.7 Å². The van der Waals surface area contributed by atoms with Crippen molar-refractivity contribution in [3.63, 3.8) is 0 Å². The maximum atomic E-state index is 13.8. The molecule has 0 aliphatic carbocycles. The van der Waals surface area contributed by atoms with Crippen molar-refractivity contribution < 1.29 is 14.3 Å². The molecule has 2 saturated heterocycles. The lowest BCUT2D eigenvalue weighted by Crippen LogP contribution is -2.46. The number of nitriles is 1. The Balaban J connectivity index is 1.69. The summed E-state index contributed by atoms with van der Waals surface area (Å²) in [5.74, 6) is -1.16. The summed E-state index contributed by atoms with van der Waals surface area (Å²) in [5.41, 5.74) is -0.148. The lowest BCUT2D eigenvalue weighted by Gasteiger charge is -2.36. The van der Waals surface area contributed by atoms with Gasteiger partial charge in [-0.05, 0) is 71.8 Å². The second-order valence-electron chi connectivity index (χ2n) is 11.6. The fraction of sp³-hybridized carbons (Fsp3) is 0.571. The van der Waals surface area contributed by atoms with Crippen molar-refractivity contribution in [1.29, 1.82) is 5.26 Å². The summed E-state index contributed by atoms with van der Waals surface area (Å²) >= 11 is 11.5. The molecule has 0 unspecified atom stereocenters. The molecule has 0 radical (unpaired) electrons. The molecule has 1 amide bonds. The highest BCUT2D eigenvalue weighted by molar-refractivity contribution is 9.10. The van der Waals surface area contributed by atoms with Crippen molar-refractivity contribution in [3.8, 4) is 6.07 Å². The molecular formula is C28H35BrClN3O3S. The van der Waals surface area contributed by atoms with E-state index in [9.17, 15) is 10.1 Å². The minimum atomic E-state index is -0.955. The fourth-order valence-electron chi connectivity index (χ4n) is 5.57. The van der Waals surface area contributed by atoms with Crippen LogP contribution in [0.3, 0.4) is 0 Å². The van der Waals surface area contributed by atoms with Gasteiger partial charge in [0.1, 0.15) is 5.41 Å². The minimum absolute atomic E-state index is 0.0640. The smallest absolute Gasteiger partial charge is 0.237 e. The first kappa shape index (κ1) is 28.5. The summed E-state index contributed by atoms with van der Waals surface area (Å²) in [4.78, 5) is 14.7. The molecule has 37 heavy (non-hydrogen) atoms. The van der Waals surface area contributed by atoms with E-state index >= 15 is 0 Å². The van der Waals surface area contributed by atoms with Crippen molar-refractivity contribution in [2.75, 3.05) is 13.2 Å². The zero-order chi connectivity index (χ0) is 27.0. The number of halogens is 2. The van der Waals surface area contributed by atoms with Gasteiger partial charge in [0.2, 0.25) is 5.91 Å². The van der Waals surface area contributed by atoms with Crippen LogP contribution in [-0.4, -0.2) is 43.0 Å². The van der Waals surface area contributed by atoms with E-state index in [2.05, 4.69) is 53.4 Å². The normalized spacial score (nSPS) is 29.2. The fourth-order valence-corrected chi connectivity index (χ4v) is 7.44. The predicted molar refractivity (Wildman–Crippen MR) is 151 cm³/mol. The third kappa shape index (κ3) is 6.24. The molecule has 2 aliphatic heterocycles. The van der Waals surface area contributed by atoms with E-state index in [1.54, 1.807) is 11.3 Å². The maximum Gasteiger partial charge on any atom is 0.237 e. The average Bonchev–Trinajstić information content (AvgIpc) is 3.48. The van der Waals surface area contributed by atoms with Gasteiger partial charge in [0, 0.05) is 38.3 Å². The van der Waals surface area contributed by atoms with E-state index in [0.717, 1.165) is 21.3 Å². The number of rotatable bonds is 7. The third-order valence-electron chi connectivity index (χ3n) is 7.05. The largest absolute Gasteiger partial charge is 0.355 e. The van der Waals surface area contributed by atoms with E-state index in [0.29, 0.717) is 24.6 Å². The highest BCUT2D eigenvalue weighted by atomic mass is 79.9. The van der Waals surface area contributed by atoms with Crippen molar-refractivity contribution in [2.24, 2.45) is 5.41 Å². The molecule has 4 rings (SSSR count). The van der Waals surface area contributed by atoms with E-state index in [-0.39, 0.29) is 23.5 Å². The number of carbonyl (C=O) groups is 1. The van der Waals surface area contributed by atoms with Gasteiger partial charge in [0.05, 0.1) is 24.8 Å². The standard InChI is InChI=1S/C28H35BrClN3O3S/c1-26(2,3)13-21-28(16-31,22-12-18(29)15-37-22)23(17-7-6-8-19(30)11-17)24(33-21)25(34)32-10-9-20-14-35-27(4,5)36-20/h6-8,11-12,15,20-21,23-24,33H,9-10,13-14H2,1-5H3,(H,32,34)/t20-,21-,23-,24+,28+/m0/s1. The predicted octanol–water partition coefficient (Wildman–Crippen LogP) is 6.14. The molecule has 9 heteroatoms. The zero-order valence-corrected chi connectivity index (χ0v) is 25.1. The Morgan fingerprint density at radius 3 is 2.68 bits per heavy atom. The molecule has 200 valence electrons. The molecule has 6 nitrogen and oxygen atoms in total. The Morgan fingerprint density at radius 1 is 1.35 bits per heavy atom. The molecule has 2 aromatic rings. The number of carbonyl (C=O) groups excluding carboxylic acids is 1. The molecule has 0 saturated carbocycles. The van der Waals surface area contributed by atoms with Crippen LogP contribution in [0.5, 0.6) is 0 Å². The molecule has 1 aromatic heterocycles. The summed E-state index contributed by atoms with van der Waals surface area (Å²) in [7, 11) is 0. The Hall–Kier alpha value is -1.47. The minimum Gasteiger partial charge on any atom is -0.355 e. The molecule has 0 spiro atoms. The third-order valence-corrected chi connectivity index (χ3v) is 9.13. The SMILES string of the molecule is CC(C)(C)C[C@@H]1N[C@@H](C(=O)NCC[C@H]2COC(C)(C)O2)[C@H](c2cccc(Cl)c2)[C@@]1(C#N)c1cc(Br)cs1. The first-order valence-electron chi connectivity index (χ1n) is 12.6. The van der Waals surface area contributed by atoms with Crippen LogP contribution in [0.2, 0.25) is 5.02 Å². The Kier molecular flexibility index (Phi) is 8.45. The van der Waals surface area contributed by atoms with Gasteiger partial charge < -0.3 is 20.1 Å². The molecule has 1 aromatic carbocycles. The van der Waals surface area contributed by atoms with Crippen molar-refractivity contribution >= 4 is 44.8 Å². The van der Waals surface area contributed by atoms with Crippen LogP contribution in [0, 0.1) is 16.7 Å². The number of nitrogens with one attached hydrogen (secondary N) is 2. The van der Waals surface area contributed by atoms with Gasteiger partial charge in [-0.25, -0.2) is 0 Å². The summed E-state index contributed by atoms with van der Waals surface area (Å²) in [6.45, 7) is 11.2. The Bertz CT molecular complexity index is 1170. The quantitative estimate of drug-likeness (QED) is 0.394. The number of hydrogen-bond acceptors (Lipinski definition) is 6. The van der Waals surface area contributed by atoms with Gasteiger partial charge >= 0.3 is 0 Å². The highest BCUT2D eigenvalue weighted by Gasteiger charge is 2.60. The van der Waals surface area contributed by atoms with Crippen LogP contribution in [0.1, 0.15) is 63.8 Å². The molecule has 3 heterocycles. The monoisotopic (exact) mass is 607 g/mol. The van der Waals surface area contributed by atoms with Crippen molar-refractivity contribution in [2.45, 2.75) is 82.8 Å². The van der Waals surface area contributed by atoms with Crippen LogP contribution < -0.4 is 10.6 Å². The van der Waals surface area contributed by atoms with Gasteiger partial charge in [-0.3, -0.25) is 4.79 Å².